The molecule has 39 heavy (non-hydrogen) atoms. The molecule has 3 rings (SSSR count). The number of hydrogen-bond donors (Lipinski definition) is 3. The summed E-state index contributed by atoms with van der Waals surface area (Å²) in [6, 6.07) is 1.36. The Bertz CT molecular complexity index is 1240. The fraction of sp³-hybridized carbons (Fsp3) is 0.462. The highest BCUT2D eigenvalue weighted by Gasteiger charge is 2.46. The Kier molecular flexibility index (Phi) is 8.98. The van der Waals surface area contributed by atoms with E-state index < -0.39 is 53.0 Å². The van der Waals surface area contributed by atoms with Crippen molar-refractivity contribution >= 4 is 0 Å². The van der Waals surface area contributed by atoms with Crippen LogP contribution in [0.4, 0.5) is 26.3 Å². The minimum Gasteiger partial charge on any atom is -0.394 e. The third-order valence-corrected chi connectivity index (χ3v) is 7.01. The van der Waals surface area contributed by atoms with Crippen molar-refractivity contribution in [1.29, 1.82) is 0 Å². The molecule has 13 heteroatoms. The normalized spacial score (nSPS) is 23.5. The van der Waals surface area contributed by atoms with Gasteiger partial charge in [0.1, 0.15) is 6.33 Å². The van der Waals surface area contributed by atoms with Gasteiger partial charge in [-0.2, -0.15) is 31.4 Å². The minimum absolute atomic E-state index is 0.0700. The standard InChI is InChI=1S/C26H30F6N4O3/c1-4-5-6-7-17(2)24(9-8-23(14-37,13-33-24)36-16-34-35-22(36)38)15-39-18(3)19-10-20(25(27,28)29)12-21(11-19)26(30,31)32/h4-7,10-12,16,18,33,37H,2,8-9,13-15H2,1,3H3,(H,35,38)/b5-4-,7-6-/t18-,23+,24-/m1/s1. The van der Waals surface area contributed by atoms with Gasteiger partial charge >= 0.3 is 18.0 Å². The summed E-state index contributed by atoms with van der Waals surface area (Å²) in [5, 5.41) is 19.4. The third-order valence-electron chi connectivity index (χ3n) is 7.01. The smallest absolute Gasteiger partial charge is 0.394 e. The molecule has 0 amide bonds. The van der Waals surface area contributed by atoms with Crippen molar-refractivity contribution in [2.45, 2.75) is 56.2 Å². The Balaban J connectivity index is 1.90. The number of aromatic nitrogens is 3. The molecule has 214 valence electrons. The molecule has 7 nitrogen and oxygen atoms in total. The Morgan fingerprint density at radius 1 is 1.18 bits per heavy atom. The molecule has 0 radical (unpaired) electrons. The molecule has 0 spiro atoms. The van der Waals surface area contributed by atoms with Crippen molar-refractivity contribution in [3.05, 3.63) is 88.2 Å². The maximum absolute atomic E-state index is 13.3. The zero-order valence-electron chi connectivity index (χ0n) is 21.4. The maximum atomic E-state index is 13.3. The van der Waals surface area contributed by atoms with E-state index in [1.165, 1.54) is 17.8 Å². The first-order chi connectivity index (χ1) is 18.2. The van der Waals surface area contributed by atoms with Crippen molar-refractivity contribution in [1.82, 2.24) is 20.1 Å². The number of aromatic amines is 1. The molecule has 0 bridgehead atoms. The molecule has 2 aromatic rings. The van der Waals surface area contributed by atoms with Gasteiger partial charge in [-0.15, -0.1) is 0 Å². The van der Waals surface area contributed by atoms with Gasteiger partial charge in [0.25, 0.3) is 0 Å². The number of ether oxygens (including phenoxy) is 1. The number of allylic oxidation sites excluding steroid dienone is 3. The van der Waals surface area contributed by atoms with Crippen molar-refractivity contribution in [3.63, 3.8) is 0 Å². The largest absolute Gasteiger partial charge is 0.416 e. The minimum atomic E-state index is -4.98. The molecular weight excluding hydrogens is 530 g/mol. The molecular formula is C26H30F6N4O3. The zero-order chi connectivity index (χ0) is 29.1. The van der Waals surface area contributed by atoms with E-state index in [1.807, 2.05) is 6.92 Å². The van der Waals surface area contributed by atoms with Crippen LogP contribution in [0.3, 0.4) is 0 Å². The number of halogens is 6. The van der Waals surface area contributed by atoms with Crippen LogP contribution in [-0.4, -0.2) is 45.2 Å². The number of hydrogen-bond acceptors (Lipinski definition) is 5. The summed E-state index contributed by atoms with van der Waals surface area (Å²) in [7, 11) is 0. The van der Waals surface area contributed by atoms with Crippen molar-refractivity contribution in [2.24, 2.45) is 0 Å². The summed E-state index contributed by atoms with van der Waals surface area (Å²) in [6.07, 6.45) is -2.29. The monoisotopic (exact) mass is 560 g/mol. The van der Waals surface area contributed by atoms with Crippen LogP contribution in [0.25, 0.3) is 0 Å². The van der Waals surface area contributed by atoms with Crippen LogP contribution in [0.15, 0.2) is 65.8 Å². The highest BCUT2D eigenvalue weighted by molar-refractivity contribution is 5.35. The van der Waals surface area contributed by atoms with Gasteiger partial charge in [0, 0.05) is 6.54 Å². The summed E-state index contributed by atoms with van der Waals surface area (Å²) >= 11 is 0. The fourth-order valence-corrected chi connectivity index (χ4v) is 4.47. The molecule has 1 aromatic carbocycles. The van der Waals surface area contributed by atoms with Gasteiger partial charge in [0.15, 0.2) is 0 Å². The number of aliphatic hydroxyl groups is 1. The first-order valence-electron chi connectivity index (χ1n) is 12.1. The molecule has 1 aromatic heterocycles. The van der Waals surface area contributed by atoms with Gasteiger partial charge in [0.2, 0.25) is 0 Å². The van der Waals surface area contributed by atoms with Crippen LogP contribution >= 0.6 is 0 Å². The van der Waals surface area contributed by atoms with E-state index in [1.54, 1.807) is 24.3 Å². The molecule has 1 fully saturated rings. The van der Waals surface area contributed by atoms with Gasteiger partial charge in [-0.05, 0) is 56.0 Å². The van der Waals surface area contributed by atoms with Gasteiger partial charge in [0.05, 0.1) is 41.5 Å². The highest BCUT2D eigenvalue weighted by Crippen LogP contribution is 2.39. The number of benzene rings is 1. The topological polar surface area (TPSA) is 92.2 Å². The average molecular weight is 561 g/mol. The lowest BCUT2D eigenvalue weighted by Crippen LogP contribution is -2.63. The molecule has 0 unspecified atom stereocenters. The Hall–Kier alpha value is -3.16. The lowest BCUT2D eigenvalue weighted by molar-refractivity contribution is -0.143. The molecule has 0 aliphatic carbocycles. The molecule has 1 aliphatic heterocycles. The van der Waals surface area contributed by atoms with Gasteiger partial charge in [-0.25, -0.2) is 9.89 Å². The number of alkyl halides is 6. The van der Waals surface area contributed by atoms with E-state index in [2.05, 4.69) is 22.1 Å². The van der Waals surface area contributed by atoms with Gasteiger partial charge in [-0.3, -0.25) is 4.57 Å². The molecule has 3 atom stereocenters. The zero-order valence-corrected chi connectivity index (χ0v) is 21.4. The van der Waals surface area contributed by atoms with Crippen LogP contribution in [0.1, 0.15) is 49.5 Å². The second-order valence-electron chi connectivity index (χ2n) is 9.55. The molecule has 3 N–H and O–H groups in total. The quantitative estimate of drug-likeness (QED) is 0.300. The number of aliphatic hydroxyl groups excluding tert-OH is 1. The molecule has 2 heterocycles. The third kappa shape index (κ3) is 6.71. The van der Waals surface area contributed by atoms with E-state index in [-0.39, 0.29) is 37.6 Å². The molecule has 1 saturated heterocycles. The second-order valence-corrected chi connectivity index (χ2v) is 9.55. The van der Waals surface area contributed by atoms with Crippen molar-refractivity contribution in [2.75, 3.05) is 19.8 Å². The summed E-state index contributed by atoms with van der Waals surface area (Å²) in [5.74, 6) is 0. The SMILES string of the molecule is C=C(/C=C\C=C/C)[C@]1(CO[C@H](C)c2cc(C(F)(F)F)cc(C(F)(F)F)c2)CC[C@](CO)(n2cn[nH]c2=O)CN1. The molecule has 0 saturated carbocycles. The van der Waals surface area contributed by atoms with Crippen LogP contribution in [0.5, 0.6) is 0 Å². The summed E-state index contributed by atoms with van der Waals surface area (Å²) in [6.45, 7) is 6.82. The maximum Gasteiger partial charge on any atom is 0.416 e. The van der Waals surface area contributed by atoms with Crippen LogP contribution in [0.2, 0.25) is 0 Å². The number of piperidine rings is 1. The number of rotatable bonds is 9. The second kappa shape index (κ2) is 11.5. The molecule has 1 aliphatic rings. The van der Waals surface area contributed by atoms with Crippen LogP contribution in [-0.2, 0) is 22.6 Å². The predicted molar refractivity (Wildman–Crippen MR) is 132 cm³/mol. The van der Waals surface area contributed by atoms with E-state index in [4.69, 9.17) is 4.74 Å². The van der Waals surface area contributed by atoms with Crippen molar-refractivity contribution < 1.29 is 36.2 Å². The summed E-state index contributed by atoms with van der Waals surface area (Å²) in [4.78, 5) is 12.2. The average Bonchev–Trinajstić information content (AvgIpc) is 3.32. The Labute approximate surface area is 220 Å². The van der Waals surface area contributed by atoms with E-state index >= 15 is 0 Å². The first-order valence-corrected chi connectivity index (χ1v) is 12.1. The number of nitrogens with one attached hydrogen (secondary N) is 2. The van der Waals surface area contributed by atoms with Crippen LogP contribution in [0, 0.1) is 0 Å². The summed E-state index contributed by atoms with van der Waals surface area (Å²) < 4.78 is 87.3. The highest BCUT2D eigenvalue weighted by atomic mass is 19.4. The van der Waals surface area contributed by atoms with E-state index in [9.17, 15) is 36.2 Å². The van der Waals surface area contributed by atoms with Crippen LogP contribution < -0.4 is 11.0 Å². The van der Waals surface area contributed by atoms with Gasteiger partial charge < -0.3 is 15.2 Å². The van der Waals surface area contributed by atoms with E-state index in [0.29, 0.717) is 17.7 Å². The Morgan fingerprint density at radius 3 is 2.28 bits per heavy atom. The summed E-state index contributed by atoms with van der Waals surface area (Å²) in [5.41, 5.74) is -5.13. The lowest BCUT2D eigenvalue weighted by Gasteiger charge is -2.47. The van der Waals surface area contributed by atoms with Gasteiger partial charge in [-0.1, -0.05) is 30.9 Å². The number of H-pyrrole nitrogens is 1. The van der Waals surface area contributed by atoms with Crippen molar-refractivity contribution in [3.8, 4) is 0 Å². The first kappa shape index (κ1) is 30.4. The Morgan fingerprint density at radius 2 is 1.82 bits per heavy atom. The fourth-order valence-electron chi connectivity index (χ4n) is 4.47. The number of nitrogens with zero attached hydrogens (tertiary/aromatic N) is 2. The van der Waals surface area contributed by atoms with E-state index in [0.717, 1.165) is 0 Å². The predicted octanol–water partition coefficient (Wildman–Crippen LogP) is 4.89. The lowest BCUT2D eigenvalue weighted by atomic mass is 9.76.